The summed E-state index contributed by atoms with van der Waals surface area (Å²) in [4.78, 5) is 16.6. The summed E-state index contributed by atoms with van der Waals surface area (Å²) in [6.45, 7) is 0. The van der Waals surface area contributed by atoms with E-state index in [4.69, 9.17) is 5.11 Å². The van der Waals surface area contributed by atoms with Crippen LogP contribution in [0, 0.1) is 0 Å². The van der Waals surface area contributed by atoms with Gasteiger partial charge in [-0.2, -0.15) is 0 Å². The molecule has 0 amide bonds. The molecule has 0 unspecified atom stereocenters. The average molecular weight is 219 g/mol. The van der Waals surface area contributed by atoms with Crippen LogP contribution in [0.15, 0.2) is 18.3 Å². The topological polar surface area (TPSA) is 50.2 Å². The van der Waals surface area contributed by atoms with Crippen LogP contribution < -0.4 is 0 Å². The maximum absolute atomic E-state index is 11.1. The number of nitrogens with zero attached hydrogens (tertiary/aromatic N) is 1. The number of carboxylic acids is 1. The summed E-state index contributed by atoms with van der Waals surface area (Å²) in [5.41, 5.74) is 1.01. The third kappa shape index (κ3) is 1.33. The van der Waals surface area contributed by atoms with E-state index in [0.717, 1.165) is 28.6 Å². The van der Waals surface area contributed by atoms with E-state index in [1.165, 1.54) is 11.3 Å². The summed E-state index contributed by atoms with van der Waals surface area (Å²) in [5.74, 6) is -0.367. The van der Waals surface area contributed by atoms with Crippen molar-refractivity contribution in [1.82, 2.24) is 4.98 Å². The molecule has 4 heteroatoms. The van der Waals surface area contributed by atoms with E-state index in [-0.39, 0.29) is 0 Å². The molecule has 1 aliphatic rings. The summed E-state index contributed by atoms with van der Waals surface area (Å²) in [6.07, 6.45) is 3.93. The number of thiophene rings is 1. The smallest absolute Gasteiger partial charge is 0.346 e. The number of rotatable bonds is 2. The van der Waals surface area contributed by atoms with Crippen LogP contribution in [0.5, 0.6) is 0 Å². The molecule has 76 valence electrons. The lowest BCUT2D eigenvalue weighted by molar-refractivity contribution is 0.0701. The highest BCUT2D eigenvalue weighted by Gasteiger charge is 2.31. The van der Waals surface area contributed by atoms with Crippen molar-refractivity contribution in [3.8, 4) is 0 Å². The molecule has 0 aromatic carbocycles. The number of carboxylic acid groups (broad SMARTS) is 1. The van der Waals surface area contributed by atoms with Crippen molar-refractivity contribution >= 4 is 27.5 Å². The molecule has 0 aliphatic heterocycles. The fourth-order valence-corrected chi connectivity index (χ4v) is 2.96. The van der Waals surface area contributed by atoms with Crippen molar-refractivity contribution in [3.63, 3.8) is 0 Å². The number of carbonyl (C=O) groups is 1. The summed E-state index contributed by atoms with van der Waals surface area (Å²) < 4.78 is 0. The first kappa shape index (κ1) is 8.85. The minimum atomic E-state index is -0.820. The minimum absolute atomic E-state index is 0.453. The van der Waals surface area contributed by atoms with Crippen molar-refractivity contribution < 1.29 is 9.90 Å². The van der Waals surface area contributed by atoms with Crippen LogP contribution >= 0.6 is 11.3 Å². The van der Waals surface area contributed by atoms with Crippen molar-refractivity contribution in [2.24, 2.45) is 0 Å². The van der Waals surface area contributed by atoms with Crippen LogP contribution in [0.25, 0.3) is 10.2 Å². The molecule has 2 heterocycles. The van der Waals surface area contributed by atoms with Crippen molar-refractivity contribution in [2.45, 2.75) is 18.8 Å². The molecule has 3 nitrogen and oxygen atoms in total. The van der Waals surface area contributed by atoms with Gasteiger partial charge in [0.2, 0.25) is 0 Å². The van der Waals surface area contributed by atoms with Crippen molar-refractivity contribution in [2.75, 3.05) is 0 Å². The highest BCUT2D eigenvalue weighted by atomic mass is 32.1. The van der Waals surface area contributed by atoms with Crippen molar-refractivity contribution in [3.05, 3.63) is 28.8 Å². The second-order valence-electron chi connectivity index (χ2n) is 3.78. The summed E-state index contributed by atoms with van der Waals surface area (Å²) in [7, 11) is 0. The Hall–Kier alpha value is -1.42. The highest BCUT2D eigenvalue weighted by molar-refractivity contribution is 7.20. The van der Waals surface area contributed by atoms with Gasteiger partial charge in [-0.3, -0.25) is 0 Å². The van der Waals surface area contributed by atoms with E-state index in [9.17, 15) is 4.79 Å². The standard InChI is InChI=1S/C11H9NO2S/c13-11(14)9-8(6-3-4-6)7-2-1-5-12-10(7)15-9/h1-2,5-6H,3-4H2,(H,13,14). The molecule has 0 atom stereocenters. The second-order valence-corrected chi connectivity index (χ2v) is 4.78. The van der Waals surface area contributed by atoms with Crippen molar-refractivity contribution in [1.29, 1.82) is 0 Å². The number of pyridine rings is 1. The fraction of sp³-hybridized carbons (Fsp3) is 0.273. The minimum Gasteiger partial charge on any atom is -0.477 e. The molecular formula is C11H9NO2S. The van der Waals surface area contributed by atoms with Gasteiger partial charge in [-0.25, -0.2) is 9.78 Å². The van der Waals surface area contributed by atoms with Gasteiger partial charge in [0, 0.05) is 11.6 Å². The Morgan fingerprint density at radius 1 is 1.53 bits per heavy atom. The van der Waals surface area contributed by atoms with Crippen LogP contribution in [0.4, 0.5) is 0 Å². The Morgan fingerprint density at radius 3 is 3.00 bits per heavy atom. The molecule has 0 radical (unpaired) electrons. The molecule has 1 N–H and O–H groups in total. The molecule has 2 aromatic heterocycles. The summed E-state index contributed by atoms with van der Waals surface area (Å²) >= 11 is 1.29. The van der Waals surface area contributed by atoms with Gasteiger partial charge in [0.25, 0.3) is 0 Å². The lowest BCUT2D eigenvalue weighted by Gasteiger charge is -1.96. The van der Waals surface area contributed by atoms with Gasteiger partial charge in [-0.15, -0.1) is 11.3 Å². The average Bonchev–Trinajstić information content (AvgIpc) is 2.98. The van der Waals surface area contributed by atoms with E-state index in [0.29, 0.717) is 10.8 Å². The van der Waals surface area contributed by atoms with Gasteiger partial charge in [0.15, 0.2) is 0 Å². The van der Waals surface area contributed by atoms with Crippen LogP contribution in [-0.2, 0) is 0 Å². The van der Waals surface area contributed by atoms with Gasteiger partial charge < -0.3 is 5.11 Å². The number of aromatic carboxylic acids is 1. The quantitative estimate of drug-likeness (QED) is 0.844. The first-order chi connectivity index (χ1) is 7.27. The molecule has 15 heavy (non-hydrogen) atoms. The Bertz CT molecular complexity index is 543. The van der Waals surface area contributed by atoms with Gasteiger partial charge >= 0.3 is 5.97 Å². The molecular weight excluding hydrogens is 210 g/mol. The number of hydrogen-bond donors (Lipinski definition) is 1. The zero-order valence-corrected chi connectivity index (χ0v) is 8.75. The Labute approximate surface area is 90.4 Å². The zero-order chi connectivity index (χ0) is 10.4. The van der Waals surface area contributed by atoms with E-state index in [1.54, 1.807) is 6.20 Å². The first-order valence-electron chi connectivity index (χ1n) is 4.88. The van der Waals surface area contributed by atoms with Crippen LogP contribution in [0.1, 0.15) is 34.0 Å². The van der Waals surface area contributed by atoms with Gasteiger partial charge in [0.05, 0.1) is 0 Å². The Balaban J connectivity index is 2.33. The van der Waals surface area contributed by atoms with Crippen LogP contribution in [0.2, 0.25) is 0 Å². The normalized spacial score (nSPS) is 15.7. The summed E-state index contributed by atoms with van der Waals surface area (Å²) in [5, 5.41) is 10.2. The molecule has 1 fully saturated rings. The zero-order valence-electron chi connectivity index (χ0n) is 7.93. The molecule has 0 saturated heterocycles. The van der Waals surface area contributed by atoms with E-state index >= 15 is 0 Å². The predicted octanol–water partition coefficient (Wildman–Crippen LogP) is 2.87. The Kier molecular flexibility index (Phi) is 1.79. The monoisotopic (exact) mass is 219 g/mol. The molecule has 1 aliphatic carbocycles. The second kappa shape index (κ2) is 3.03. The lowest BCUT2D eigenvalue weighted by atomic mass is 10.1. The number of fused-ring (bicyclic) bond motifs is 1. The highest BCUT2D eigenvalue weighted by Crippen LogP contribution is 2.47. The molecule has 2 aromatic rings. The number of aromatic nitrogens is 1. The maximum atomic E-state index is 11.1. The van der Waals surface area contributed by atoms with E-state index in [1.807, 2.05) is 12.1 Å². The fourth-order valence-electron chi connectivity index (χ4n) is 1.89. The third-order valence-electron chi connectivity index (χ3n) is 2.68. The van der Waals surface area contributed by atoms with Gasteiger partial charge in [-0.05, 0) is 30.4 Å². The molecule has 0 spiro atoms. The third-order valence-corrected chi connectivity index (χ3v) is 3.80. The lowest BCUT2D eigenvalue weighted by Crippen LogP contribution is -1.96. The van der Waals surface area contributed by atoms with Gasteiger partial charge in [0.1, 0.15) is 9.71 Å². The molecule has 3 rings (SSSR count). The first-order valence-corrected chi connectivity index (χ1v) is 5.69. The predicted molar refractivity (Wildman–Crippen MR) is 58.6 cm³/mol. The SMILES string of the molecule is O=C(O)c1sc2ncccc2c1C1CC1. The van der Waals surface area contributed by atoms with E-state index < -0.39 is 5.97 Å². The van der Waals surface area contributed by atoms with Gasteiger partial charge in [-0.1, -0.05) is 6.07 Å². The van der Waals surface area contributed by atoms with Crippen LogP contribution in [-0.4, -0.2) is 16.1 Å². The van der Waals surface area contributed by atoms with E-state index in [2.05, 4.69) is 4.98 Å². The largest absolute Gasteiger partial charge is 0.477 e. The molecule has 1 saturated carbocycles. The maximum Gasteiger partial charge on any atom is 0.346 e. The Morgan fingerprint density at radius 2 is 2.33 bits per heavy atom. The molecule has 0 bridgehead atoms. The number of hydrogen-bond acceptors (Lipinski definition) is 3. The van der Waals surface area contributed by atoms with Crippen LogP contribution in [0.3, 0.4) is 0 Å². The summed E-state index contributed by atoms with van der Waals surface area (Å²) in [6, 6.07) is 3.84.